The number of fused-ring (bicyclic) bond motifs is 1. The minimum absolute atomic E-state index is 0.00116. The molecule has 3 aromatic rings. The van der Waals surface area contributed by atoms with Gasteiger partial charge in [0.2, 0.25) is 5.91 Å². The van der Waals surface area contributed by atoms with E-state index in [4.69, 9.17) is 32.7 Å². The predicted molar refractivity (Wildman–Crippen MR) is 164 cm³/mol. The summed E-state index contributed by atoms with van der Waals surface area (Å²) in [6, 6.07) is 20.4. The summed E-state index contributed by atoms with van der Waals surface area (Å²) in [6.07, 6.45) is 3.26. The van der Waals surface area contributed by atoms with E-state index in [1.165, 1.54) is 22.3 Å². The molecule has 1 N–H and O–H groups in total. The van der Waals surface area contributed by atoms with Crippen molar-refractivity contribution in [2.45, 2.75) is 51.6 Å². The maximum atomic E-state index is 14.4. The zero-order valence-electron chi connectivity index (χ0n) is 23.7. The van der Waals surface area contributed by atoms with Gasteiger partial charge in [-0.15, -0.1) is 0 Å². The standard InChI is InChI=1S/C34H38Cl2N2O3/c1-21-5-3-6-24(22(21)2)20-38(26-11-12-26)34(39)32-28(17-25-18-37-19-29(25)32)23-9-13-27(14-10-23)40-15-16-41-33-30(35)7-4-8-31(33)36/h3-10,13-14,25-26,28-29,32,37H,11-12,15-20H2,1-2H3/t25-,28-,29+,32-/m0/s1. The summed E-state index contributed by atoms with van der Waals surface area (Å²) < 4.78 is 11.7. The molecule has 5 nitrogen and oxygen atoms in total. The largest absolute Gasteiger partial charge is 0.490 e. The van der Waals surface area contributed by atoms with E-state index in [0.717, 1.165) is 38.1 Å². The van der Waals surface area contributed by atoms with Gasteiger partial charge in [-0.1, -0.05) is 59.6 Å². The number of halogens is 2. The molecule has 3 aliphatic rings. The average molecular weight is 594 g/mol. The zero-order valence-corrected chi connectivity index (χ0v) is 25.3. The van der Waals surface area contributed by atoms with Crippen LogP contribution in [0.1, 0.15) is 47.4 Å². The molecule has 1 saturated heterocycles. The molecule has 1 heterocycles. The fraction of sp³-hybridized carbons (Fsp3) is 0.441. The van der Waals surface area contributed by atoms with Crippen LogP contribution in [0.15, 0.2) is 60.7 Å². The smallest absolute Gasteiger partial charge is 0.227 e. The summed E-state index contributed by atoms with van der Waals surface area (Å²) in [5, 5.41) is 4.53. The Hall–Kier alpha value is -2.73. The van der Waals surface area contributed by atoms with E-state index in [1.807, 2.05) is 12.1 Å². The van der Waals surface area contributed by atoms with Crippen LogP contribution in [0.2, 0.25) is 10.0 Å². The van der Waals surface area contributed by atoms with Crippen LogP contribution >= 0.6 is 23.2 Å². The van der Waals surface area contributed by atoms with Gasteiger partial charge >= 0.3 is 0 Å². The van der Waals surface area contributed by atoms with Gasteiger partial charge in [0.05, 0.1) is 10.0 Å². The van der Waals surface area contributed by atoms with Crippen LogP contribution in [0.5, 0.6) is 11.5 Å². The Bertz CT molecular complexity index is 1370. The molecule has 4 atom stereocenters. The Labute approximate surface area is 253 Å². The van der Waals surface area contributed by atoms with Gasteiger partial charge in [0.25, 0.3) is 0 Å². The van der Waals surface area contributed by atoms with Crippen LogP contribution in [-0.4, -0.2) is 43.2 Å². The molecule has 1 aliphatic heterocycles. The van der Waals surface area contributed by atoms with Gasteiger partial charge < -0.3 is 19.7 Å². The lowest BCUT2D eigenvalue weighted by Gasteiger charge is -2.32. The number of hydrogen-bond acceptors (Lipinski definition) is 4. The fourth-order valence-electron chi connectivity index (χ4n) is 6.77. The quantitative estimate of drug-likeness (QED) is 0.253. The maximum absolute atomic E-state index is 14.4. The van der Waals surface area contributed by atoms with Gasteiger partial charge in [0.1, 0.15) is 19.0 Å². The molecule has 216 valence electrons. The summed E-state index contributed by atoms with van der Waals surface area (Å²) in [4.78, 5) is 16.6. The molecule has 6 rings (SSSR count). The first kappa shape index (κ1) is 28.4. The number of amides is 1. The molecule has 0 bridgehead atoms. The molecule has 2 saturated carbocycles. The van der Waals surface area contributed by atoms with E-state index in [-0.39, 0.29) is 11.8 Å². The maximum Gasteiger partial charge on any atom is 0.227 e. The molecule has 0 aromatic heterocycles. The Kier molecular flexibility index (Phi) is 8.48. The first-order valence-corrected chi connectivity index (χ1v) is 15.5. The van der Waals surface area contributed by atoms with E-state index in [1.54, 1.807) is 18.2 Å². The van der Waals surface area contributed by atoms with Crippen molar-refractivity contribution < 1.29 is 14.3 Å². The second kappa shape index (κ2) is 12.2. The molecule has 7 heteroatoms. The fourth-order valence-corrected chi connectivity index (χ4v) is 7.27. The molecule has 0 spiro atoms. The first-order chi connectivity index (χ1) is 19.9. The van der Waals surface area contributed by atoms with Crippen molar-refractivity contribution in [2.24, 2.45) is 17.8 Å². The highest BCUT2D eigenvalue weighted by Gasteiger charge is 2.51. The van der Waals surface area contributed by atoms with Crippen LogP contribution in [0, 0.1) is 31.6 Å². The van der Waals surface area contributed by atoms with Gasteiger partial charge in [0, 0.05) is 18.5 Å². The van der Waals surface area contributed by atoms with E-state index in [9.17, 15) is 4.79 Å². The van der Waals surface area contributed by atoms with Gasteiger partial charge in [-0.3, -0.25) is 4.79 Å². The molecule has 41 heavy (non-hydrogen) atoms. The minimum atomic E-state index is 0.00116. The summed E-state index contributed by atoms with van der Waals surface area (Å²) in [5.41, 5.74) is 5.08. The summed E-state index contributed by atoms with van der Waals surface area (Å²) in [5.74, 6) is 2.74. The van der Waals surface area contributed by atoms with Gasteiger partial charge in [-0.05, 0) is 110 Å². The Morgan fingerprint density at radius 2 is 1.63 bits per heavy atom. The van der Waals surface area contributed by atoms with Crippen molar-refractivity contribution in [1.29, 1.82) is 0 Å². The normalized spacial score (nSPS) is 23.3. The summed E-state index contributed by atoms with van der Waals surface area (Å²) in [6.45, 7) is 7.67. The summed E-state index contributed by atoms with van der Waals surface area (Å²) >= 11 is 12.4. The van der Waals surface area contributed by atoms with Crippen molar-refractivity contribution in [2.75, 3.05) is 26.3 Å². The highest BCUT2D eigenvalue weighted by Crippen LogP contribution is 2.50. The average Bonchev–Trinajstić information content (AvgIpc) is 3.59. The van der Waals surface area contributed by atoms with Crippen molar-refractivity contribution in [3.8, 4) is 11.5 Å². The third kappa shape index (κ3) is 6.09. The second-order valence-corrected chi connectivity index (χ2v) is 12.6. The number of carbonyl (C=O) groups is 1. The predicted octanol–water partition coefficient (Wildman–Crippen LogP) is 7.20. The number of aryl methyl sites for hydroxylation is 1. The summed E-state index contributed by atoms with van der Waals surface area (Å²) in [7, 11) is 0. The lowest BCUT2D eigenvalue weighted by Crippen LogP contribution is -2.41. The lowest BCUT2D eigenvalue weighted by molar-refractivity contribution is -0.138. The van der Waals surface area contributed by atoms with E-state index >= 15 is 0 Å². The molecule has 2 aliphatic carbocycles. The van der Waals surface area contributed by atoms with E-state index < -0.39 is 0 Å². The third-order valence-electron chi connectivity index (χ3n) is 9.28. The Morgan fingerprint density at radius 1 is 0.927 bits per heavy atom. The van der Waals surface area contributed by atoms with Crippen molar-refractivity contribution >= 4 is 29.1 Å². The van der Waals surface area contributed by atoms with E-state index in [0.29, 0.717) is 59.3 Å². The second-order valence-electron chi connectivity index (χ2n) is 11.8. The first-order valence-electron chi connectivity index (χ1n) is 14.8. The zero-order chi connectivity index (χ0) is 28.5. The van der Waals surface area contributed by atoms with Crippen LogP contribution in [0.4, 0.5) is 0 Å². The SMILES string of the molecule is Cc1cccc(CN(C(=O)[C@@H]2[C@@H]3CNC[C@@H]3C[C@H]2c2ccc(OCCOc3c(Cl)cccc3Cl)cc2)C2CC2)c1C. The highest BCUT2D eigenvalue weighted by molar-refractivity contribution is 6.37. The van der Waals surface area contributed by atoms with Crippen LogP contribution in [0.25, 0.3) is 0 Å². The monoisotopic (exact) mass is 592 g/mol. The van der Waals surface area contributed by atoms with E-state index in [2.05, 4.69) is 54.4 Å². The molecule has 3 aromatic carbocycles. The molecular formula is C34H38Cl2N2O3. The number of nitrogens with zero attached hydrogens (tertiary/aromatic N) is 1. The topological polar surface area (TPSA) is 50.8 Å². The number of hydrogen-bond donors (Lipinski definition) is 1. The number of benzene rings is 3. The van der Waals surface area contributed by atoms with Gasteiger partial charge in [-0.2, -0.15) is 0 Å². The van der Waals surface area contributed by atoms with Crippen molar-refractivity contribution in [3.05, 3.63) is 93.0 Å². The molecule has 0 unspecified atom stereocenters. The van der Waals surface area contributed by atoms with Crippen molar-refractivity contribution in [3.63, 3.8) is 0 Å². The van der Waals surface area contributed by atoms with Gasteiger partial charge in [-0.25, -0.2) is 0 Å². The number of nitrogens with one attached hydrogen (secondary N) is 1. The molecule has 0 radical (unpaired) electrons. The minimum Gasteiger partial charge on any atom is -0.490 e. The lowest BCUT2D eigenvalue weighted by atomic mass is 9.83. The van der Waals surface area contributed by atoms with Crippen LogP contribution in [-0.2, 0) is 11.3 Å². The number of para-hydroxylation sites is 1. The number of rotatable bonds is 10. The molecular weight excluding hydrogens is 555 g/mol. The highest BCUT2D eigenvalue weighted by atomic mass is 35.5. The van der Waals surface area contributed by atoms with Crippen LogP contribution < -0.4 is 14.8 Å². The molecule has 1 amide bonds. The van der Waals surface area contributed by atoms with Crippen molar-refractivity contribution in [1.82, 2.24) is 10.2 Å². The third-order valence-corrected chi connectivity index (χ3v) is 9.88. The number of ether oxygens (including phenoxy) is 2. The van der Waals surface area contributed by atoms with Gasteiger partial charge in [0.15, 0.2) is 5.75 Å². The Morgan fingerprint density at radius 3 is 2.37 bits per heavy atom. The number of carbonyl (C=O) groups excluding carboxylic acids is 1. The van der Waals surface area contributed by atoms with Crippen LogP contribution in [0.3, 0.4) is 0 Å². The molecule has 3 fully saturated rings. The Balaban J connectivity index is 1.14.